The number of esters is 1. The third kappa shape index (κ3) is 7.28. The first kappa shape index (κ1) is 32.4. The number of nitrogens with zero attached hydrogens (tertiary/aromatic N) is 2. The van der Waals surface area contributed by atoms with Crippen LogP contribution < -0.4 is 20.4 Å². The summed E-state index contributed by atoms with van der Waals surface area (Å²) in [5, 5.41) is 5.46. The van der Waals surface area contributed by atoms with Gasteiger partial charge in [-0.1, -0.05) is 55.7 Å². The number of rotatable bonds is 8. The highest BCUT2D eigenvalue weighted by Crippen LogP contribution is 2.37. The topological polar surface area (TPSA) is 125 Å². The maximum Gasteiger partial charge on any atom is 0.338 e. The van der Waals surface area contributed by atoms with Crippen molar-refractivity contribution in [2.75, 3.05) is 34.8 Å². The van der Waals surface area contributed by atoms with Gasteiger partial charge in [0.2, 0.25) is 5.91 Å². The number of Topliss-reactive ketones (excluding diaryl/α,β-unsaturated/α-hetero) is 1. The van der Waals surface area contributed by atoms with E-state index in [1.807, 2.05) is 44.2 Å². The molecule has 10 nitrogen and oxygen atoms in total. The number of benzene rings is 3. The lowest BCUT2D eigenvalue weighted by atomic mass is 9.88. The van der Waals surface area contributed by atoms with Gasteiger partial charge in [0.25, 0.3) is 5.91 Å². The van der Waals surface area contributed by atoms with Crippen molar-refractivity contribution >= 4 is 46.7 Å². The lowest BCUT2D eigenvalue weighted by Crippen LogP contribution is -2.55. The monoisotopic (exact) mass is 624 g/mol. The van der Waals surface area contributed by atoms with Gasteiger partial charge < -0.3 is 25.2 Å². The normalized spacial score (nSPS) is 16.7. The van der Waals surface area contributed by atoms with Gasteiger partial charge in [0.05, 0.1) is 36.6 Å². The molecule has 3 aromatic rings. The van der Waals surface area contributed by atoms with E-state index in [2.05, 4.69) is 10.6 Å². The SMILES string of the molecule is CCOC(=O)c1cccc(NC(=O)NC2CN(C(=O)C3CCCCC3)c3ccc(C)cc3N(CC(=O)c3ccccc3C)C2=O)c1. The molecule has 1 aliphatic heterocycles. The van der Waals surface area contributed by atoms with Crippen molar-refractivity contribution < 1.29 is 28.7 Å². The number of hydrogen-bond acceptors (Lipinski definition) is 6. The third-order valence-corrected chi connectivity index (χ3v) is 8.55. The molecule has 3 aromatic carbocycles. The molecule has 1 saturated carbocycles. The van der Waals surface area contributed by atoms with E-state index in [0.29, 0.717) is 22.6 Å². The van der Waals surface area contributed by atoms with Crippen LogP contribution in [0.25, 0.3) is 0 Å². The summed E-state index contributed by atoms with van der Waals surface area (Å²) in [6, 6.07) is 17.1. The Bertz CT molecular complexity index is 1650. The molecule has 0 saturated heterocycles. The van der Waals surface area contributed by atoms with Crippen molar-refractivity contribution in [3.63, 3.8) is 0 Å². The molecule has 5 rings (SSSR count). The fraction of sp³-hybridized carbons (Fsp3) is 0.361. The third-order valence-electron chi connectivity index (χ3n) is 8.55. The lowest BCUT2D eigenvalue weighted by molar-refractivity contribution is -0.123. The minimum Gasteiger partial charge on any atom is -0.462 e. The quantitative estimate of drug-likeness (QED) is 0.241. The Morgan fingerprint density at radius 3 is 2.39 bits per heavy atom. The number of ketones is 1. The number of aryl methyl sites for hydroxylation is 2. The van der Waals surface area contributed by atoms with Gasteiger partial charge in [0.15, 0.2) is 5.78 Å². The van der Waals surface area contributed by atoms with E-state index >= 15 is 0 Å². The number of amides is 4. The second-order valence-corrected chi connectivity index (χ2v) is 11.9. The zero-order chi connectivity index (χ0) is 32.8. The Kier molecular flexibility index (Phi) is 10.1. The van der Waals surface area contributed by atoms with E-state index in [9.17, 15) is 24.0 Å². The molecule has 0 aromatic heterocycles. The van der Waals surface area contributed by atoms with E-state index in [1.165, 1.54) is 11.0 Å². The average molecular weight is 625 g/mol. The van der Waals surface area contributed by atoms with Gasteiger partial charge in [-0.05, 0) is 75.1 Å². The number of hydrogen-bond donors (Lipinski definition) is 2. The summed E-state index contributed by atoms with van der Waals surface area (Å²) in [5.74, 6) is -1.59. The number of anilines is 3. The van der Waals surface area contributed by atoms with E-state index in [-0.39, 0.29) is 42.9 Å². The highest BCUT2D eigenvalue weighted by molar-refractivity contribution is 6.13. The van der Waals surface area contributed by atoms with Gasteiger partial charge in [-0.3, -0.25) is 14.4 Å². The van der Waals surface area contributed by atoms with Crippen LogP contribution in [-0.4, -0.2) is 55.3 Å². The highest BCUT2D eigenvalue weighted by atomic mass is 16.5. The summed E-state index contributed by atoms with van der Waals surface area (Å²) in [7, 11) is 0. The molecule has 2 N–H and O–H groups in total. The molecule has 0 spiro atoms. The fourth-order valence-corrected chi connectivity index (χ4v) is 6.17. The molecule has 4 amide bonds. The van der Waals surface area contributed by atoms with E-state index < -0.39 is 23.9 Å². The van der Waals surface area contributed by atoms with Crippen molar-refractivity contribution in [2.24, 2.45) is 5.92 Å². The molecule has 1 heterocycles. The number of carbonyl (C=O) groups is 5. The Morgan fingerprint density at radius 2 is 1.65 bits per heavy atom. The number of urea groups is 1. The first-order chi connectivity index (χ1) is 22.2. The first-order valence-electron chi connectivity index (χ1n) is 15.8. The van der Waals surface area contributed by atoms with E-state index in [0.717, 1.165) is 43.2 Å². The van der Waals surface area contributed by atoms with Crippen LogP contribution in [0.4, 0.5) is 21.9 Å². The fourth-order valence-electron chi connectivity index (χ4n) is 6.17. The minimum atomic E-state index is -1.17. The zero-order valence-corrected chi connectivity index (χ0v) is 26.5. The second kappa shape index (κ2) is 14.4. The van der Waals surface area contributed by atoms with Gasteiger partial charge in [0, 0.05) is 17.2 Å². The minimum absolute atomic E-state index is 0.0981. The van der Waals surface area contributed by atoms with Crippen LogP contribution in [0.2, 0.25) is 0 Å². The van der Waals surface area contributed by atoms with Gasteiger partial charge in [-0.25, -0.2) is 9.59 Å². The van der Waals surface area contributed by atoms with Crippen LogP contribution in [0.3, 0.4) is 0 Å². The van der Waals surface area contributed by atoms with Crippen LogP contribution in [0.5, 0.6) is 0 Å². The van der Waals surface area contributed by atoms with E-state index in [1.54, 1.807) is 42.2 Å². The smallest absolute Gasteiger partial charge is 0.338 e. The molecular formula is C36H40N4O6. The second-order valence-electron chi connectivity index (χ2n) is 11.9. The number of ether oxygens (including phenoxy) is 1. The summed E-state index contributed by atoms with van der Waals surface area (Å²) in [5.41, 5.74) is 3.70. The molecule has 240 valence electrons. The van der Waals surface area contributed by atoms with Crippen molar-refractivity contribution in [1.82, 2.24) is 5.32 Å². The Hall–Kier alpha value is -4.99. The number of nitrogens with one attached hydrogen (secondary N) is 2. The summed E-state index contributed by atoms with van der Waals surface area (Å²) in [6.07, 6.45) is 4.51. The number of fused-ring (bicyclic) bond motifs is 1. The van der Waals surface area contributed by atoms with Crippen LogP contribution in [-0.2, 0) is 14.3 Å². The van der Waals surface area contributed by atoms with Gasteiger partial charge in [-0.15, -0.1) is 0 Å². The van der Waals surface area contributed by atoms with Gasteiger partial charge >= 0.3 is 12.0 Å². The Labute approximate surface area is 269 Å². The molecule has 1 atom stereocenters. The highest BCUT2D eigenvalue weighted by Gasteiger charge is 2.39. The Morgan fingerprint density at radius 1 is 0.891 bits per heavy atom. The maximum absolute atomic E-state index is 14.4. The van der Waals surface area contributed by atoms with Crippen LogP contribution in [0, 0.1) is 19.8 Å². The predicted octanol–water partition coefficient (Wildman–Crippen LogP) is 5.81. The summed E-state index contributed by atoms with van der Waals surface area (Å²) in [6.45, 7) is 5.27. The molecule has 0 radical (unpaired) electrons. The molecule has 1 aliphatic carbocycles. The molecule has 1 unspecified atom stereocenters. The Balaban J connectivity index is 1.49. The predicted molar refractivity (Wildman–Crippen MR) is 176 cm³/mol. The maximum atomic E-state index is 14.4. The van der Waals surface area contributed by atoms with Crippen molar-refractivity contribution in [2.45, 2.75) is 58.9 Å². The standard InChI is InChI=1S/C36H40N4O6/c1-4-46-35(44)26-14-10-15-27(20-26)37-36(45)38-29-21-39(33(42)25-12-6-5-7-13-25)30-18-17-23(2)19-31(30)40(34(29)43)22-32(41)28-16-9-8-11-24(28)3/h8-11,14-20,25,29H,4-7,12-13,21-22H2,1-3H3,(H2,37,38,45). The molecule has 0 bridgehead atoms. The van der Waals surface area contributed by atoms with Crippen LogP contribution in [0.15, 0.2) is 66.7 Å². The number of carbonyl (C=O) groups excluding carboxylic acids is 5. The van der Waals surface area contributed by atoms with Crippen molar-refractivity contribution in [1.29, 1.82) is 0 Å². The van der Waals surface area contributed by atoms with Crippen molar-refractivity contribution in [3.8, 4) is 0 Å². The zero-order valence-electron chi connectivity index (χ0n) is 26.5. The summed E-state index contributed by atoms with van der Waals surface area (Å²) >= 11 is 0. The molecule has 46 heavy (non-hydrogen) atoms. The van der Waals surface area contributed by atoms with Gasteiger partial charge in [-0.2, -0.15) is 0 Å². The molecule has 2 aliphatic rings. The molecule has 10 heteroatoms. The first-order valence-corrected chi connectivity index (χ1v) is 15.8. The lowest BCUT2D eigenvalue weighted by Gasteiger charge is -2.30. The average Bonchev–Trinajstić information content (AvgIpc) is 3.15. The van der Waals surface area contributed by atoms with Crippen molar-refractivity contribution in [3.05, 3.63) is 89.0 Å². The summed E-state index contributed by atoms with van der Waals surface area (Å²) in [4.78, 5) is 70.7. The van der Waals surface area contributed by atoms with Crippen LogP contribution in [0.1, 0.15) is 70.9 Å². The largest absolute Gasteiger partial charge is 0.462 e. The van der Waals surface area contributed by atoms with E-state index in [4.69, 9.17) is 4.74 Å². The molecular weight excluding hydrogens is 584 g/mol. The molecule has 1 fully saturated rings. The summed E-state index contributed by atoms with van der Waals surface area (Å²) < 4.78 is 5.06. The van der Waals surface area contributed by atoms with Gasteiger partial charge in [0.1, 0.15) is 6.04 Å². The van der Waals surface area contributed by atoms with Crippen LogP contribution >= 0.6 is 0 Å².